The maximum absolute atomic E-state index is 12.3. The van der Waals surface area contributed by atoms with E-state index in [4.69, 9.17) is 33.2 Å². The molecule has 0 radical (unpaired) electrons. The van der Waals surface area contributed by atoms with Crippen molar-refractivity contribution in [2.24, 2.45) is 0 Å². The molecule has 0 amide bonds. The first-order valence-electron chi connectivity index (χ1n) is 16.8. The van der Waals surface area contributed by atoms with Crippen LogP contribution >= 0.6 is 0 Å². The Morgan fingerprint density at radius 2 is 0.898 bits per heavy atom. The van der Waals surface area contributed by atoms with Crippen molar-refractivity contribution in [2.75, 3.05) is 39.6 Å². The molecule has 0 bridgehead atoms. The van der Waals surface area contributed by atoms with E-state index in [-0.39, 0.29) is 50.5 Å². The van der Waals surface area contributed by atoms with Gasteiger partial charge >= 0.3 is 11.9 Å². The lowest BCUT2D eigenvalue weighted by Gasteiger charge is -2.13. The zero-order valence-electron chi connectivity index (χ0n) is 27.9. The molecular weight excluding hydrogens is 624 g/mol. The maximum Gasteiger partial charge on any atom is 0.313 e. The number of rotatable bonds is 18. The highest BCUT2D eigenvalue weighted by atomic mass is 16.6. The SMILES string of the molecule is CC(OCC1CO1)c1ccc(-c2ccc(OC(=O)CCOCCC(=O)Oc3ccc(-c4ccc(C(C)OCC5CO5)cc4)cc3)cc2)cc1. The Hall–Kier alpha value is -4.38. The Morgan fingerprint density at radius 3 is 1.22 bits per heavy atom. The van der Waals surface area contributed by atoms with Crippen LogP contribution in [-0.2, 0) is 33.3 Å². The summed E-state index contributed by atoms with van der Waals surface area (Å²) in [6.07, 6.45) is 0.617. The Labute approximate surface area is 287 Å². The standard InChI is InChI=1S/C40H42O9/c1-27(44-23-37-25-46-37)29-3-7-31(8-4-29)33-11-15-35(16-12-33)48-39(41)19-21-43-22-20-40(42)49-36-17-13-34(14-18-36)32-9-5-30(6-10-32)28(2)45-24-38-26-47-38/h3-18,27-28,37-38H,19-26H2,1-2H3. The van der Waals surface area contributed by atoms with E-state index in [1.165, 1.54) is 0 Å². The Balaban J connectivity index is 0.850. The molecule has 4 aromatic rings. The minimum absolute atomic E-state index is 0.000107. The van der Waals surface area contributed by atoms with Crippen LogP contribution in [0.25, 0.3) is 22.3 Å². The van der Waals surface area contributed by atoms with Crippen LogP contribution in [-0.4, -0.2) is 63.8 Å². The van der Waals surface area contributed by atoms with Gasteiger partial charge < -0.3 is 33.2 Å². The van der Waals surface area contributed by atoms with Gasteiger partial charge in [-0.05, 0) is 71.5 Å². The lowest BCUT2D eigenvalue weighted by Crippen LogP contribution is -2.14. The molecule has 2 aliphatic rings. The van der Waals surface area contributed by atoms with Crippen molar-refractivity contribution in [1.82, 2.24) is 0 Å². The second-order valence-corrected chi connectivity index (χ2v) is 12.2. The molecule has 4 atom stereocenters. The molecule has 256 valence electrons. The molecule has 9 heteroatoms. The molecule has 0 aromatic heterocycles. The molecule has 0 N–H and O–H groups in total. The number of epoxide rings is 2. The molecule has 2 heterocycles. The summed E-state index contributed by atoms with van der Waals surface area (Å²) in [7, 11) is 0. The number of carbonyl (C=O) groups excluding carboxylic acids is 2. The first-order chi connectivity index (χ1) is 23.9. The lowest BCUT2D eigenvalue weighted by molar-refractivity contribution is -0.136. The fourth-order valence-corrected chi connectivity index (χ4v) is 5.13. The van der Waals surface area contributed by atoms with Crippen molar-refractivity contribution < 1.29 is 42.7 Å². The van der Waals surface area contributed by atoms with Gasteiger partial charge in [-0.15, -0.1) is 0 Å². The summed E-state index contributed by atoms with van der Waals surface area (Å²) in [5.74, 6) is 0.0964. The van der Waals surface area contributed by atoms with Crippen LogP contribution in [0.4, 0.5) is 0 Å². The molecule has 4 aromatic carbocycles. The van der Waals surface area contributed by atoms with Crippen LogP contribution in [0.2, 0.25) is 0 Å². The van der Waals surface area contributed by atoms with Gasteiger partial charge in [0.1, 0.15) is 23.7 Å². The minimum atomic E-state index is -0.411. The smallest absolute Gasteiger partial charge is 0.313 e. The topological polar surface area (TPSA) is 105 Å². The molecule has 2 aliphatic heterocycles. The van der Waals surface area contributed by atoms with Crippen molar-refractivity contribution in [3.8, 4) is 33.8 Å². The van der Waals surface area contributed by atoms with Gasteiger partial charge in [-0.3, -0.25) is 9.59 Å². The first kappa shape index (κ1) is 34.5. The molecule has 0 saturated carbocycles. The van der Waals surface area contributed by atoms with Gasteiger partial charge in [0.2, 0.25) is 0 Å². The van der Waals surface area contributed by atoms with E-state index in [1.807, 2.05) is 38.1 Å². The molecule has 0 spiro atoms. The first-order valence-corrected chi connectivity index (χ1v) is 16.8. The Morgan fingerprint density at radius 1 is 0.571 bits per heavy atom. The summed E-state index contributed by atoms with van der Waals surface area (Å²) in [4.78, 5) is 24.6. The van der Waals surface area contributed by atoms with Crippen LogP contribution < -0.4 is 9.47 Å². The molecule has 0 aliphatic carbocycles. The summed E-state index contributed by atoms with van der Waals surface area (Å²) in [6, 6.07) is 31.2. The highest BCUT2D eigenvalue weighted by Gasteiger charge is 2.24. The van der Waals surface area contributed by atoms with Gasteiger partial charge in [0.15, 0.2) is 0 Å². The third-order valence-corrected chi connectivity index (χ3v) is 8.37. The van der Waals surface area contributed by atoms with Gasteiger partial charge in [-0.25, -0.2) is 0 Å². The van der Waals surface area contributed by atoms with Gasteiger partial charge in [-0.1, -0.05) is 72.8 Å². The molecular formula is C40H42O9. The number of benzene rings is 4. The third-order valence-electron chi connectivity index (χ3n) is 8.37. The summed E-state index contributed by atoms with van der Waals surface area (Å²) in [6.45, 7) is 7.15. The van der Waals surface area contributed by atoms with Gasteiger partial charge in [0, 0.05) is 0 Å². The van der Waals surface area contributed by atoms with Crippen LogP contribution in [0.3, 0.4) is 0 Å². The van der Waals surface area contributed by atoms with Crippen molar-refractivity contribution in [1.29, 1.82) is 0 Å². The monoisotopic (exact) mass is 666 g/mol. The Kier molecular flexibility index (Phi) is 11.8. The van der Waals surface area contributed by atoms with E-state index in [0.29, 0.717) is 24.7 Å². The van der Waals surface area contributed by atoms with Crippen molar-refractivity contribution >= 4 is 11.9 Å². The highest BCUT2D eigenvalue weighted by Crippen LogP contribution is 2.28. The number of esters is 2. The number of ether oxygens (including phenoxy) is 7. The highest BCUT2D eigenvalue weighted by molar-refractivity contribution is 5.74. The van der Waals surface area contributed by atoms with Gasteiger partial charge in [0.25, 0.3) is 0 Å². The summed E-state index contributed by atoms with van der Waals surface area (Å²) >= 11 is 0. The van der Waals surface area contributed by atoms with E-state index in [0.717, 1.165) is 46.6 Å². The van der Waals surface area contributed by atoms with Crippen molar-refractivity contribution in [3.05, 3.63) is 108 Å². The Bertz CT molecular complexity index is 1520. The largest absolute Gasteiger partial charge is 0.426 e. The van der Waals surface area contributed by atoms with Crippen LogP contribution in [0.15, 0.2) is 97.1 Å². The molecule has 4 unspecified atom stereocenters. The zero-order chi connectivity index (χ0) is 34.0. The molecule has 6 rings (SSSR count). The second-order valence-electron chi connectivity index (χ2n) is 12.2. The predicted octanol–water partition coefficient (Wildman–Crippen LogP) is 7.28. The fourth-order valence-electron chi connectivity index (χ4n) is 5.13. The van der Waals surface area contributed by atoms with E-state index in [1.54, 1.807) is 24.3 Å². The average Bonchev–Trinajstić information content (AvgIpc) is 4.07. The van der Waals surface area contributed by atoms with Gasteiger partial charge in [-0.2, -0.15) is 0 Å². The van der Waals surface area contributed by atoms with Crippen LogP contribution in [0.1, 0.15) is 50.0 Å². The summed E-state index contributed by atoms with van der Waals surface area (Å²) in [5.41, 5.74) is 6.35. The number of hydrogen-bond acceptors (Lipinski definition) is 9. The van der Waals surface area contributed by atoms with E-state index >= 15 is 0 Å². The maximum atomic E-state index is 12.3. The average molecular weight is 667 g/mol. The summed E-state index contributed by atoms with van der Waals surface area (Å²) < 4.78 is 38.5. The van der Waals surface area contributed by atoms with Crippen molar-refractivity contribution in [2.45, 2.75) is 51.1 Å². The quantitative estimate of drug-likeness (QED) is 0.0469. The van der Waals surface area contributed by atoms with E-state index in [2.05, 4.69) is 48.5 Å². The van der Waals surface area contributed by atoms with Crippen molar-refractivity contribution in [3.63, 3.8) is 0 Å². The number of carbonyl (C=O) groups is 2. The minimum Gasteiger partial charge on any atom is -0.426 e. The summed E-state index contributed by atoms with van der Waals surface area (Å²) in [5, 5.41) is 0. The second kappa shape index (κ2) is 16.8. The zero-order valence-corrected chi connectivity index (χ0v) is 27.9. The number of hydrogen-bond donors (Lipinski definition) is 0. The molecule has 2 fully saturated rings. The molecule has 9 nitrogen and oxygen atoms in total. The predicted molar refractivity (Wildman–Crippen MR) is 183 cm³/mol. The van der Waals surface area contributed by atoms with E-state index in [9.17, 15) is 9.59 Å². The molecule has 49 heavy (non-hydrogen) atoms. The fraction of sp³-hybridized carbons (Fsp3) is 0.350. The van der Waals surface area contributed by atoms with Gasteiger partial charge in [0.05, 0.1) is 64.7 Å². The third kappa shape index (κ3) is 10.8. The normalized spacial score (nSPS) is 17.6. The molecule has 2 saturated heterocycles. The van der Waals surface area contributed by atoms with E-state index < -0.39 is 11.9 Å². The van der Waals surface area contributed by atoms with Crippen LogP contribution in [0.5, 0.6) is 11.5 Å². The lowest BCUT2D eigenvalue weighted by atomic mass is 10.0. The van der Waals surface area contributed by atoms with Crippen LogP contribution in [0, 0.1) is 0 Å².